The van der Waals surface area contributed by atoms with E-state index in [4.69, 9.17) is 0 Å². The number of rotatable bonds is 3. The number of hydrogen-bond acceptors (Lipinski definition) is 1. The molecule has 1 amide bonds. The van der Waals surface area contributed by atoms with Crippen molar-refractivity contribution in [2.75, 3.05) is 7.05 Å². The van der Waals surface area contributed by atoms with Gasteiger partial charge in [0.2, 0.25) is 0 Å². The average Bonchev–Trinajstić information content (AvgIpc) is 2.47. The van der Waals surface area contributed by atoms with Crippen LogP contribution in [-0.2, 0) is 4.79 Å². The van der Waals surface area contributed by atoms with Crippen LogP contribution in [0.4, 0.5) is 0 Å². The number of carbonyl (C=O) groups is 1. The van der Waals surface area contributed by atoms with Gasteiger partial charge in [0.15, 0.2) is 0 Å². The molecule has 0 atom stereocenters. The van der Waals surface area contributed by atoms with Crippen LogP contribution in [0.5, 0.6) is 0 Å². The highest BCUT2D eigenvalue weighted by atomic mass is 16.2. The summed E-state index contributed by atoms with van der Waals surface area (Å²) in [5, 5.41) is 0. The van der Waals surface area contributed by atoms with Crippen molar-refractivity contribution < 1.29 is 4.79 Å². The van der Waals surface area contributed by atoms with E-state index in [1.54, 1.807) is 18.0 Å². The largest absolute Gasteiger partial charge is 0.312 e. The second-order valence-corrected chi connectivity index (χ2v) is 3.16. The lowest BCUT2D eigenvalue weighted by atomic mass is 10.0. The van der Waals surface area contributed by atoms with Crippen LogP contribution >= 0.6 is 0 Å². The monoisotopic (exact) mass is 207 g/mol. The lowest BCUT2D eigenvalue weighted by molar-refractivity contribution is -0.122. The van der Waals surface area contributed by atoms with E-state index in [0.717, 1.165) is 24.1 Å². The normalized spacial score (nSPS) is 15.3. The standard InChI is InChI=1S/C11H15NO.C2H6/c1-5-7-10-8(3)12(4)11(13)9(10)6-2;1-2/h6H,2-3,5,7H2,1,4H3;1-2H3. The van der Waals surface area contributed by atoms with E-state index in [9.17, 15) is 4.79 Å². The second kappa shape index (κ2) is 6.23. The summed E-state index contributed by atoms with van der Waals surface area (Å²) in [4.78, 5) is 13.2. The minimum atomic E-state index is 0.0171. The molecular weight excluding hydrogens is 186 g/mol. The highest BCUT2D eigenvalue weighted by Gasteiger charge is 2.28. The molecule has 0 N–H and O–H groups in total. The molecule has 1 aliphatic heterocycles. The first-order valence-corrected chi connectivity index (χ1v) is 5.46. The van der Waals surface area contributed by atoms with Crippen molar-refractivity contribution in [2.24, 2.45) is 0 Å². The smallest absolute Gasteiger partial charge is 0.258 e. The summed E-state index contributed by atoms with van der Waals surface area (Å²) in [7, 11) is 1.75. The van der Waals surface area contributed by atoms with Gasteiger partial charge in [0.1, 0.15) is 0 Å². The Labute approximate surface area is 93.0 Å². The molecule has 0 bridgehead atoms. The first-order valence-electron chi connectivity index (χ1n) is 5.46. The van der Waals surface area contributed by atoms with Crippen LogP contribution in [0.2, 0.25) is 0 Å². The summed E-state index contributed by atoms with van der Waals surface area (Å²) < 4.78 is 0. The van der Waals surface area contributed by atoms with Crippen LogP contribution in [-0.4, -0.2) is 17.9 Å². The first-order chi connectivity index (χ1) is 7.13. The molecular formula is C13H21NO. The molecule has 0 aliphatic carbocycles. The zero-order valence-electron chi connectivity index (χ0n) is 10.3. The summed E-state index contributed by atoms with van der Waals surface area (Å²) in [6.45, 7) is 13.6. The molecule has 15 heavy (non-hydrogen) atoms. The van der Waals surface area contributed by atoms with Crippen molar-refractivity contribution in [2.45, 2.75) is 33.6 Å². The minimum Gasteiger partial charge on any atom is -0.312 e. The summed E-state index contributed by atoms with van der Waals surface area (Å²) in [5.41, 5.74) is 2.58. The van der Waals surface area contributed by atoms with E-state index in [0.29, 0.717) is 5.57 Å². The highest BCUT2D eigenvalue weighted by Crippen LogP contribution is 2.30. The Kier molecular flexibility index (Phi) is 5.68. The predicted octanol–water partition coefficient (Wildman–Crippen LogP) is 3.28. The maximum absolute atomic E-state index is 11.6. The maximum Gasteiger partial charge on any atom is 0.258 e. The SMILES string of the molecule is C=CC1=C(CCC)C(=C)N(C)C1=O.CC. The van der Waals surface area contributed by atoms with Crippen LogP contribution in [0, 0.1) is 0 Å². The molecule has 0 aromatic heterocycles. The maximum atomic E-state index is 11.6. The lowest BCUT2D eigenvalue weighted by Crippen LogP contribution is -2.19. The Morgan fingerprint density at radius 1 is 1.40 bits per heavy atom. The van der Waals surface area contributed by atoms with Crippen LogP contribution in [0.15, 0.2) is 36.1 Å². The fourth-order valence-corrected chi connectivity index (χ4v) is 1.53. The fraction of sp³-hybridized carbons (Fsp3) is 0.462. The van der Waals surface area contributed by atoms with Gasteiger partial charge in [-0.2, -0.15) is 0 Å². The molecule has 0 aromatic carbocycles. The first kappa shape index (κ1) is 13.7. The molecule has 1 heterocycles. The Hall–Kier alpha value is -1.31. The Morgan fingerprint density at radius 3 is 2.33 bits per heavy atom. The summed E-state index contributed by atoms with van der Waals surface area (Å²) >= 11 is 0. The molecule has 0 unspecified atom stereocenters. The summed E-state index contributed by atoms with van der Waals surface area (Å²) in [5.74, 6) is 0.0171. The molecule has 0 saturated carbocycles. The van der Waals surface area contributed by atoms with Crippen LogP contribution in [0.1, 0.15) is 33.6 Å². The topological polar surface area (TPSA) is 20.3 Å². The number of allylic oxidation sites excluding steroid dienone is 1. The van der Waals surface area contributed by atoms with E-state index >= 15 is 0 Å². The lowest BCUT2D eigenvalue weighted by Gasteiger charge is -2.11. The van der Waals surface area contributed by atoms with E-state index in [2.05, 4.69) is 20.1 Å². The number of carbonyl (C=O) groups excluding carboxylic acids is 1. The molecule has 0 saturated heterocycles. The summed E-state index contributed by atoms with van der Waals surface area (Å²) in [6, 6.07) is 0. The quantitative estimate of drug-likeness (QED) is 0.695. The van der Waals surface area contributed by atoms with Gasteiger partial charge in [-0.1, -0.05) is 46.4 Å². The molecule has 2 heteroatoms. The van der Waals surface area contributed by atoms with Gasteiger partial charge in [-0.3, -0.25) is 4.79 Å². The third-order valence-electron chi connectivity index (χ3n) is 2.32. The van der Waals surface area contributed by atoms with Crippen molar-refractivity contribution in [3.63, 3.8) is 0 Å². The molecule has 1 rings (SSSR count). The van der Waals surface area contributed by atoms with Gasteiger partial charge in [0.05, 0.1) is 0 Å². The molecule has 84 valence electrons. The Balaban J connectivity index is 0.000000921. The molecule has 2 nitrogen and oxygen atoms in total. The third kappa shape index (κ3) is 2.58. The second-order valence-electron chi connectivity index (χ2n) is 3.16. The van der Waals surface area contributed by atoms with Crippen molar-refractivity contribution in [1.82, 2.24) is 4.90 Å². The van der Waals surface area contributed by atoms with E-state index < -0.39 is 0 Å². The molecule has 1 aliphatic rings. The van der Waals surface area contributed by atoms with Gasteiger partial charge < -0.3 is 4.90 Å². The van der Waals surface area contributed by atoms with Gasteiger partial charge in [-0.05, 0) is 12.0 Å². The van der Waals surface area contributed by atoms with Crippen LogP contribution in [0.3, 0.4) is 0 Å². The minimum absolute atomic E-state index is 0.0171. The molecule has 0 spiro atoms. The van der Waals surface area contributed by atoms with Gasteiger partial charge in [0, 0.05) is 18.3 Å². The van der Waals surface area contributed by atoms with Gasteiger partial charge >= 0.3 is 0 Å². The third-order valence-corrected chi connectivity index (χ3v) is 2.32. The Bertz CT molecular complexity index is 300. The van der Waals surface area contributed by atoms with Crippen molar-refractivity contribution >= 4 is 5.91 Å². The predicted molar refractivity (Wildman–Crippen MR) is 65.4 cm³/mol. The zero-order chi connectivity index (χ0) is 12.0. The molecule has 0 radical (unpaired) electrons. The average molecular weight is 207 g/mol. The van der Waals surface area contributed by atoms with E-state index in [1.165, 1.54) is 0 Å². The number of hydrogen-bond donors (Lipinski definition) is 0. The van der Waals surface area contributed by atoms with E-state index in [-0.39, 0.29) is 5.91 Å². The van der Waals surface area contributed by atoms with Crippen LogP contribution < -0.4 is 0 Å². The van der Waals surface area contributed by atoms with Crippen molar-refractivity contribution in [3.05, 3.63) is 36.1 Å². The van der Waals surface area contributed by atoms with Crippen molar-refractivity contribution in [1.29, 1.82) is 0 Å². The molecule has 0 aromatic rings. The Morgan fingerprint density at radius 2 is 1.93 bits per heavy atom. The van der Waals surface area contributed by atoms with Gasteiger partial charge in [-0.15, -0.1) is 0 Å². The van der Waals surface area contributed by atoms with Crippen LogP contribution in [0.25, 0.3) is 0 Å². The highest BCUT2D eigenvalue weighted by molar-refractivity contribution is 6.02. The number of amides is 1. The van der Waals surface area contributed by atoms with E-state index in [1.807, 2.05) is 13.8 Å². The van der Waals surface area contributed by atoms with Gasteiger partial charge in [-0.25, -0.2) is 0 Å². The number of likely N-dealkylation sites (N-methyl/N-ethyl adjacent to an activating group) is 1. The summed E-state index contributed by atoms with van der Waals surface area (Å²) in [6.07, 6.45) is 3.55. The fourth-order valence-electron chi connectivity index (χ4n) is 1.53. The zero-order valence-corrected chi connectivity index (χ0v) is 10.3. The van der Waals surface area contributed by atoms with Crippen molar-refractivity contribution in [3.8, 4) is 0 Å². The number of nitrogens with zero attached hydrogens (tertiary/aromatic N) is 1. The van der Waals surface area contributed by atoms with Gasteiger partial charge in [0.25, 0.3) is 5.91 Å². The molecule has 0 fully saturated rings.